The van der Waals surface area contributed by atoms with Gasteiger partial charge in [0.15, 0.2) is 0 Å². The summed E-state index contributed by atoms with van der Waals surface area (Å²) in [6.45, 7) is 4.17. The Morgan fingerprint density at radius 2 is 2.04 bits per heavy atom. The first kappa shape index (κ1) is 19.0. The Hall–Kier alpha value is -2.82. The van der Waals surface area contributed by atoms with Crippen LogP contribution in [0.25, 0.3) is 16.6 Å². The molecule has 0 unspecified atom stereocenters. The number of carbonyl (C=O) groups is 1. The van der Waals surface area contributed by atoms with E-state index in [9.17, 15) is 4.79 Å². The molecule has 0 aliphatic carbocycles. The van der Waals surface area contributed by atoms with E-state index in [1.54, 1.807) is 7.11 Å². The van der Waals surface area contributed by atoms with Gasteiger partial charge in [0.05, 0.1) is 18.3 Å². The second-order valence-electron chi connectivity index (χ2n) is 6.75. The molecule has 0 saturated carbocycles. The number of ether oxygens (including phenoxy) is 1. The van der Waals surface area contributed by atoms with Gasteiger partial charge in [-0.2, -0.15) is 5.10 Å². The van der Waals surface area contributed by atoms with Crippen molar-refractivity contribution >= 4 is 11.5 Å². The van der Waals surface area contributed by atoms with E-state index in [2.05, 4.69) is 25.1 Å². The molecule has 0 bridgehead atoms. The summed E-state index contributed by atoms with van der Waals surface area (Å²) in [6.07, 6.45) is 3.41. The zero-order chi connectivity index (χ0) is 19.4. The molecule has 5 nitrogen and oxygen atoms in total. The van der Waals surface area contributed by atoms with E-state index in [1.807, 2.05) is 29.6 Å². The van der Waals surface area contributed by atoms with E-state index in [0.717, 1.165) is 47.3 Å². The summed E-state index contributed by atoms with van der Waals surface area (Å²) >= 11 is 0. The van der Waals surface area contributed by atoms with E-state index in [0.29, 0.717) is 6.42 Å². The first-order valence-electron chi connectivity index (χ1n) is 9.41. The topological polar surface area (TPSA) is 63.8 Å². The number of benzene rings is 1. The fourth-order valence-corrected chi connectivity index (χ4v) is 3.58. The summed E-state index contributed by atoms with van der Waals surface area (Å²) in [5.74, 6) is 0.0757. The third kappa shape index (κ3) is 3.97. The summed E-state index contributed by atoms with van der Waals surface area (Å²) in [5.41, 5.74) is 6.69. The zero-order valence-corrected chi connectivity index (χ0v) is 16.2. The van der Waals surface area contributed by atoms with E-state index < -0.39 is 5.97 Å². The molecule has 2 heterocycles. The van der Waals surface area contributed by atoms with Crippen molar-refractivity contribution in [3.8, 4) is 16.9 Å². The predicted octanol–water partition coefficient (Wildman–Crippen LogP) is 4.68. The van der Waals surface area contributed by atoms with Crippen LogP contribution in [0.5, 0.6) is 5.75 Å². The molecule has 0 aliphatic rings. The van der Waals surface area contributed by atoms with Crippen LogP contribution in [0.15, 0.2) is 36.4 Å². The average Bonchev–Trinajstić information content (AvgIpc) is 3.07. The van der Waals surface area contributed by atoms with Gasteiger partial charge in [0.1, 0.15) is 5.75 Å². The van der Waals surface area contributed by atoms with Crippen LogP contribution in [0.3, 0.4) is 0 Å². The van der Waals surface area contributed by atoms with Gasteiger partial charge in [-0.25, -0.2) is 4.52 Å². The maximum absolute atomic E-state index is 10.8. The average molecular weight is 366 g/mol. The largest absolute Gasteiger partial charge is 0.497 e. The lowest BCUT2D eigenvalue weighted by atomic mass is 9.94. The number of nitrogens with zero attached hydrogens (tertiary/aromatic N) is 2. The molecule has 2 aromatic heterocycles. The smallest absolute Gasteiger partial charge is 0.303 e. The molecule has 3 rings (SSSR count). The number of carboxylic acid groups (broad SMARTS) is 1. The van der Waals surface area contributed by atoms with E-state index >= 15 is 0 Å². The van der Waals surface area contributed by atoms with Gasteiger partial charge in [-0.15, -0.1) is 0 Å². The molecule has 0 saturated heterocycles. The van der Waals surface area contributed by atoms with Crippen LogP contribution in [0.2, 0.25) is 0 Å². The normalized spacial score (nSPS) is 11.1. The van der Waals surface area contributed by atoms with Crippen molar-refractivity contribution in [3.05, 3.63) is 53.3 Å². The van der Waals surface area contributed by atoms with Gasteiger partial charge in [0, 0.05) is 17.7 Å². The molecule has 0 atom stereocenters. The van der Waals surface area contributed by atoms with Gasteiger partial charge in [-0.05, 0) is 68.0 Å². The maximum Gasteiger partial charge on any atom is 0.303 e. The molecule has 0 radical (unpaired) electrons. The van der Waals surface area contributed by atoms with Crippen LogP contribution in [0, 0.1) is 6.92 Å². The van der Waals surface area contributed by atoms with Crippen LogP contribution in [-0.4, -0.2) is 27.8 Å². The van der Waals surface area contributed by atoms with Crippen molar-refractivity contribution in [3.63, 3.8) is 0 Å². The lowest BCUT2D eigenvalue weighted by Crippen LogP contribution is -2.06. The first-order chi connectivity index (χ1) is 13.0. The van der Waals surface area contributed by atoms with Crippen molar-refractivity contribution in [2.75, 3.05) is 7.11 Å². The van der Waals surface area contributed by atoms with Gasteiger partial charge in [-0.1, -0.05) is 19.1 Å². The number of unbranched alkanes of at least 4 members (excludes halogenated alkanes) is 1. The number of aromatic nitrogens is 2. The predicted molar refractivity (Wildman–Crippen MR) is 106 cm³/mol. The summed E-state index contributed by atoms with van der Waals surface area (Å²) in [7, 11) is 1.67. The Kier molecular flexibility index (Phi) is 5.79. The number of carboxylic acids is 1. The second kappa shape index (κ2) is 8.25. The molecule has 0 fully saturated rings. The zero-order valence-electron chi connectivity index (χ0n) is 16.2. The van der Waals surface area contributed by atoms with Crippen LogP contribution in [0.1, 0.15) is 43.1 Å². The fourth-order valence-electron chi connectivity index (χ4n) is 3.58. The number of fused-ring (bicyclic) bond motifs is 1. The minimum Gasteiger partial charge on any atom is -0.497 e. The van der Waals surface area contributed by atoms with Crippen molar-refractivity contribution < 1.29 is 14.6 Å². The number of aryl methyl sites for hydroxylation is 2. The molecular formula is C22H26N2O3. The Labute approximate surface area is 159 Å². The summed E-state index contributed by atoms with van der Waals surface area (Å²) in [6, 6.07) is 12.3. The SMILES string of the molecule is CCc1ccc2c(-c3cccc(OC)c3)c(CCCCC(=O)O)c(C)nn12. The third-order valence-corrected chi connectivity index (χ3v) is 4.97. The molecule has 3 aromatic rings. The minimum atomic E-state index is -0.743. The molecular weight excluding hydrogens is 340 g/mol. The van der Waals surface area contributed by atoms with Crippen LogP contribution >= 0.6 is 0 Å². The maximum atomic E-state index is 10.8. The summed E-state index contributed by atoms with van der Waals surface area (Å²) in [5, 5.41) is 13.7. The van der Waals surface area contributed by atoms with Gasteiger partial charge < -0.3 is 9.84 Å². The molecule has 27 heavy (non-hydrogen) atoms. The highest BCUT2D eigenvalue weighted by Gasteiger charge is 2.17. The van der Waals surface area contributed by atoms with Crippen molar-refractivity contribution in [1.82, 2.24) is 9.61 Å². The molecule has 0 amide bonds. The van der Waals surface area contributed by atoms with Gasteiger partial charge in [0.25, 0.3) is 0 Å². The Balaban J connectivity index is 2.12. The minimum absolute atomic E-state index is 0.203. The van der Waals surface area contributed by atoms with Crippen molar-refractivity contribution in [1.29, 1.82) is 0 Å². The highest BCUT2D eigenvalue weighted by molar-refractivity contribution is 5.84. The Bertz CT molecular complexity index is 960. The fraction of sp³-hybridized carbons (Fsp3) is 0.364. The molecule has 1 aromatic carbocycles. The van der Waals surface area contributed by atoms with Crippen molar-refractivity contribution in [2.24, 2.45) is 0 Å². The monoisotopic (exact) mass is 366 g/mol. The van der Waals surface area contributed by atoms with E-state index in [-0.39, 0.29) is 6.42 Å². The highest BCUT2D eigenvalue weighted by atomic mass is 16.5. The molecule has 0 aliphatic heterocycles. The van der Waals surface area contributed by atoms with E-state index in [1.165, 1.54) is 11.3 Å². The lowest BCUT2D eigenvalue weighted by molar-refractivity contribution is -0.137. The van der Waals surface area contributed by atoms with Crippen molar-refractivity contribution in [2.45, 2.75) is 46.0 Å². The van der Waals surface area contributed by atoms with Crippen LogP contribution in [0.4, 0.5) is 0 Å². The molecule has 5 heteroatoms. The number of hydrogen-bond donors (Lipinski definition) is 1. The quantitative estimate of drug-likeness (QED) is 0.588. The Morgan fingerprint density at radius 3 is 2.74 bits per heavy atom. The standard InChI is InChI=1S/C22H26N2O3/c1-4-17-12-13-20-22(16-8-7-9-18(14-16)27-3)19(15(2)23-24(17)20)10-5-6-11-21(25)26/h7-9,12-14H,4-6,10-11H2,1-3H3,(H,25,26). The third-order valence-electron chi connectivity index (χ3n) is 4.97. The molecule has 0 spiro atoms. The number of rotatable bonds is 8. The van der Waals surface area contributed by atoms with Gasteiger partial charge in [-0.3, -0.25) is 4.79 Å². The van der Waals surface area contributed by atoms with Gasteiger partial charge >= 0.3 is 5.97 Å². The highest BCUT2D eigenvalue weighted by Crippen LogP contribution is 2.34. The second-order valence-corrected chi connectivity index (χ2v) is 6.75. The molecule has 142 valence electrons. The summed E-state index contributed by atoms with van der Waals surface area (Å²) < 4.78 is 7.45. The van der Waals surface area contributed by atoms with Gasteiger partial charge in [0.2, 0.25) is 0 Å². The van der Waals surface area contributed by atoms with Crippen LogP contribution in [-0.2, 0) is 17.6 Å². The Morgan fingerprint density at radius 1 is 1.22 bits per heavy atom. The van der Waals surface area contributed by atoms with Crippen LogP contribution < -0.4 is 4.74 Å². The first-order valence-corrected chi connectivity index (χ1v) is 9.41. The summed E-state index contributed by atoms with van der Waals surface area (Å²) in [4.78, 5) is 10.8. The lowest BCUT2D eigenvalue weighted by Gasteiger charge is -2.16. The van der Waals surface area contributed by atoms with E-state index in [4.69, 9.17) is 14.9 Å². The number of methoxy groups -OCH3 is 1. The number of hydrogen-bond acceptors (Lipinski definition) is 3. The number of aliphatic carboxylic acids is 1. The molecule has 1 N–H and O–H groups in total.